The minimum Gasteiger partial charge on any atom is -0.339 e. The van der Waals surface area contributed by atoms with Gasteiger partial charge in [-0.15, -0.1) is 0 Å². The zero-order chi connectivity index (χ0) is 17.0. The molecule has 1 aliphatic heterocycles. The van der Waals surface area contributed by atoms with Gasteiger partial charge in [0.05, 0.1) is 5.41 Å². The number of fused-ring (bicyclic) bond motifs is 1. The molecule has 2 aromatic rings. The molecular weight excluding hydrogens is 322 g/mol. The van der Waals surface area contributed by atoms with Crippen LogP contribution in [0.25, 0.3) is 0 Å². The van der Waals surface area contributed by atoms with E-state index in [1.54, 1.807) is 6.92 Å². The van der Waals surface area contributed by atoms with Crippen molar-refractivity contribution in [1.82, 2.24) is 25.4 Å². The van der Waals surface area contributed by atoms with Gasteiger partial charge in [0.25, 0.3) is 5.91 Å². The van der Waals surface area contributed by atoms with Crippen LogP contribution in [-0.2, 0) is 11.8 Å². The molecule has 0 spiro atoms. The first-order chi connectivity index (χ1) is 12.2. The van der Waals surface area contributed by atoms with E-state index in [1.807, 2.05) is 4.90 Å². The molecular formula is C17H21N5O3. The Kier molecular flexibility index (Phi) is 3.23. The normalized spacial score (nSPS) is 28.5. The molecule has 0 aromatic carbocycles. The van der Waals surface area contributed by atoms with Crippen molar-refractivity contribution in [3.63, 3.8) is 0 Å². The van der Waals surface area contributed by atoms with Gasteiger partial charge < -0.3 is 9.42 Å². The van der Waals surface area contributed by atoms with Gasteiger partial charge in [-0.25, -0.2) is 4.63 Å². The highest BCUT2D eigenvalue weighted by atomic mass is 16.6. The summed E-state index contributed by atoms with van der Waals surface area (Å²) in [4.78, 5) is 19.4. The Labute approximate surface area is 144 Å². The molecule has 8 nitrogen and oxygen atoms in total. The standard InChI is InChI=1S/C17H21N5O3/c1-10-14(21-25-19-10)15(23)22-8-12-3-2-6-17(12,9-22)16-18-13(20-24-16)7-11-4-5-11/h11-12H,2-9H2,1H3/t12-,17-/m1/s1. The average molecular weight is 343 g/mol. The summed E-state index contributed by atoms with van der Waals surface area (Å²) in [5.74, 6) is 2.51. The molecule has 0 unspecified atom stereocenters. The molecule has 2 aromatic heterocycles. The van der Waals surface area contributed by atoms with Crippen molar-refractivity contribution in [1.29, 1.82) is 0 Å². The maximum Gasteiger partial charge on any atom is 0.278 e. The minimum absolute atomic E-state index is 0.120. The van der Waals surface area contributed by atoms with Crippen molar-refractivity contribution >= 4 is 5.91 Å². The van der Waals surface area contributed by atoms with Gasteiger partial charge in [0.1, 0.15) is 5.69 Å². The first-order valence-corrected chi connectivity index (χ1v) is 9.07. The predicted molar refractivity (Wildman–Crippen MR) is 84.7 cm³/mol. The third-order valence-corrected chi connectivity index (χ3v) is 6.08. The summed E-state index contributed by atoms with van der Waals surface area (Å²) in [6, 6.07) is 0. The van der Waals surface area contributed by atoms with Gasteiger partial charge in [-0.1, -0.05) is 16.7 Å². The van der Waals surface area contributed by atoms with Crippen molar-refractivity contribution in [2.24, 2.45) is 11.8 Å². The van der Waals surface area contributed by atoms with Crippen molar-refractivity contribution < 1.29 is 13.9 Å². The number of nitrogens with zero attached hydrogens (tertiary/aromatic N) is 5. The van der Waals surface area contributed by atoms with Crippen molar-refractivity contribution in [3.05, 3.63) is 23.1 Å². The lowest BCUT2D eigenvalue weighted by Gasteiger charge is -2.23. The molecule has 25 heavy (non-hydrogen) atoms. The van der Waals surface area contributed by atoms with Crippen LogP contribution in [0.3, 0.4) is 0 Å². The number of aryl methyl sites for hydroxylation is 1. The smallest absolute Gasteiger partial charge is 0.278 e. The van der Waals surface area contributed by atoms with Gasteiger partial charge in [-0.2, -0.15) is 4.98 Å². The number of amides is 1. The molecule has 1 saturated heterocycles. The summed E-state index contributed by atoms with van der Waals surface area (Å²) in [7, 11) is 0. The van der Waals surface area contributed by atoms with Crippen molar-refractivity contribution in [3.8, 4) is 0 Å². The Bertz CT molecular complexity index is 811. The number of carbonyl (C=O) groups is 1. The minimum atomic E-state index is -0.199. The van der Waals surface area contributed by atoms with Crippen LogP contribution in [-0.4, -0.2) is 44.4 Å². The monoisotopic (exact) mass is 343 g/mol. The molecule has 2 saturated carbocycles. The second-order valence-electron chi connectivity index (χ2n) is 7.79. The summed E-state index contributed by atoms with van der Waals surface area (Å²) in [5, 5.41) is 11.7. The number of aromatic nitrogens is 4. The Morgan fingerprint density at radius 3 is 2.92 bits per heavy atom. The van der Waals surface area contributed by atoms with E-state index < -0.39 is 0 Å². The molecule has 0 bridgehead atoms. The molecule has 8 heteroatoms. The average Bonchev–Trinajstić information content (AvgIpc) is 2.99. The lowest BCUT2D eigenvalue weighted by molar-refractivity contribution is 0.0763. The topological polar surface area (TPSA) is 98.2 Å². The van der Waals surface area contributed by atoms with E-state index in [-0.39, 0.29) is 11.3 Å². The summed E-state index contributed by atoms with van der Waals surface area (Å²) >= 11 is 0. The predicted octanol–water partition coefficient (Wildman–Crippen LogP) is 1.91. The maximum absolute atomic E-state index is 12.8. The molecule has 1 amide bonds. The lowest BCUT2D eigenvalue weighted by Crippen LogP contribution is -2.35. The largest absolute Gasteiger partial charge is 0.339 e. The molecule has 0 radical (unpaired) electrons. The maximum atomic E-state index is 12.8. The molecule has 3 heterocycles. The van der Waals surface area contributed by atoms with E-state index in [9.17, 15) is 4.79 Å². The van der Waals surface area contributed by atoms with E-state index >= 15 is 0 Å². The van der Waals surface area contributed by atoms with E-state index in [4.69, 9.17) is 9.51 Å². The number of hydrogen-bond donors (Lipinski definition) is 0. The molecule has 2 aliphatic carbocycles. The number of rotatable bonds is 4. The van der Waals surface area contributed by atoms with E-state index in [0.717, 1.165) is 43.3 Å². The highest BCUT2D eigenvalue weighted by Gasteiger charge is 2.55. The second kappa shape index (κ2) is 5.37. The van der Waals surface area contributed by atoms with Crippen LogP contribution in [0, 0.1) is 18.8 Å². The van der Waals surface area contributed by atoms with Gasteiger partial charge in [0.15, 0.2) is 11.5 Å². The fourth-order valence-electron chi connectivity index (χ4n) is 4.49. The Morgan fingerprint density at radius 1 is 1.28 bits per heavy atom. The van der Waals surface area contributed by atoms with E-state index in [1.165, 1.54) is 12.8 Å². The zero-order valence-electron chi connectivity index (χ0n) is 14.3. The lowest BCUT2D eigenvalue weighted by atomic mass is 9.80. The summed E-state index contributed by atoms with van der Waals surface area (Å²) in [6.07, 6.45) is 6.66. The van der Waals surface area contributed by atoms with Crippen LogP contribution < -0.4 is 0 Å². The Hall–Kier alpha value is -2.25. The number of carbonyl (C=O) groups excluding carboxylic acids is 1. The van der Waals surface area contributed by atoms with Gasteiger partial charge >= 0.3 is 0 Å². The van der Waals surface area contributed by atoms with Crippen molar-refractivity contribution in [2.45, 2.75) is 50.9 Å². The Balaban J connectivity index is 1.41. The highest BCUT2D eigenvalue weighted by molar-refractivity contribution is 5.93. The second-order valence-corrected chi connectivity index (χ2v) is 7.79. The first kappa shape index (κ1) is 15.0. The summed E-state index contributed by atoms with van der Waals surface area (Å²) in [6.45, 7) is 3.04. The molecule has 2 atom stereocenters. The molecule has 132 valence electrons. The third kappa shape index (κ3) is 2.38. The van der Waals surface area contributed by atoms with E-state index in [0.29, 0.717) is 30.4 Å². The van der Waals surface area contributed by atoms with Crippen molar-refractivity contribution in [2.75, 3.05) is 13.1 Å². The fraction of sp³-hybridized carbons (Fsp3) is 0.706. The fourth-order valence-corrected chi connectivity index (χ4v) is 4.49. The highest BCUT2D eigenvalue weighted by Crippen LogP contribution is 2.50. The molecule has 5 rings (SSSR count). The Morgan fingerprint density at radius 2 is 2.16 bits per heavy atom. The molecule has 3 fully saturated rings. The van der Waals surface area contributed by atoms with Crippen LogP contribution in [0.2, 0.25) is 0 Å². The van der Waals surface area contributed by atoms with Crippen LogP contribution in [0.4, 0.5) is 0 Å². The van der Waals surface area contributed by atoms with E-state index in [2.05, 4.69) is 20.1 Å². The number of likely N-dealkylation sites (tertiary alicyclic amines) is 1. The van der Waals surface area contributed by atoms with Gasteiger partial charge in [0, 0.05) is 19.5 Å². The molecule has 0 N–H and O–H groups in total. The molecule has 3 aliphatic rings. The number of hydrogen-bond acceptors (Lipinski definition) is 7. The first-order valence-electron chi connectivity index (χ1n) is 9.07. The summed E-state index contributed by atoms with van der Waals surface area (Å²) < 4.78 is 10.4. The van der Waals surface area contributed by atoms with Gasteiger partial charge in [0.2, 0.25) is 5.89 Å². The van der Waals surface area contributed by atoms with Gasteiger partial charge in [-0.3, -0.25) is 4.79 Å². The van der Waals surface area contributed by atoms with Crippen LogP contribution in [0.15, 0.2) is 9.15 Å². The quantitative estimate of drug-likeness (QED) is 0.836. The SMILES string of the molecule is Cc1nonc1C(=O)N1C[C@H]2CCC[C@@]2(c2nc(CC3CC3)no2)C1. The zero-order valence-corrected chi connectivity index (χ0v) is 14.3. The van der Waals surface area contributed by atoms with Crippen LogP contribution >= 0.6 is 0 Å². The van der Waals surface area contributed by atoms with Crippen LogP contribution in [0.1, 0.15) is 60.0 Å². The third-order valence-electron chi connectivity index (χ3n) is 6.08. The van der Waals surface area contributed by atoms with Crippen LogP contribution in [0.5, 0.6) is 0 Å². The summed E-state index contributed by atoms with van der Waals surface area (Å²) in [5.41, 5.74) is 0.630. The van der Waals surface area contributed by atoms with Gasteiger partial charge in [-0.05, 0) is 49.6 Å².